The molecule has 1 heterocycles. The fraction of sp³-hybridized carbons (Fsp3) is 0.538. The lowest BCUT2D eigenvalue weighted by molar-refractivity contribution is -0.144. The molecule has 1 aromatic heterocycles. The molecule has 104 valence electrons. The van der Waals surface area contributed by atoms with Crippen molar-refractivity contribution in [1.82, 2.24) is 5.32 Å². The lowest BCUT2D eigenvalue weighted by Gasteiger charge is -2.25. The lowest BCUT2D eigenvalue weighted by atomic mass is 9.97. The van der Waals surface area contributed by atoms with E-state index in [0.717, 1.165) is 18.4 Å². The van der Waals surface area contributed by atoms with Crippen molar-refractivity contribution >= 4 is 23.2 Å². The van der Waals surface area contributed by atoms with Crippen LogP contribution >= 0.6 is 11.3 Å². The minimum atomic E-state index is -1.09. The molecule has 5 nitrogen and oxygen atoms in total. The van der Waals surface area contributed by atoms with E-state index < -0.39 is 11.5 Å². The van der Waals surface area contributed by atoms with E-state index in [1.807, 2.05) is 11.4 Å². The van der Waals surface area contributed by atoms with E-state index in [4.69, 9.17) is 4.74 Å². The van der Waals surface area contributed by atoms with E-state index >= 15 is 0 Å². The number of thiophene rings is 1. The molecule has 0 spiro atoms. The van der Waals surface area contributed by atoms with Crippen molar-refractivity contribution in [3.05, 3.63) is 21.9 Å². The Balaban J connectivity index is 2.15. The van der Waals surface area contributed by atoms with Gasteiger partial charge in [-0.1, -0.05) is 12.8 Å². The number of hydrogen-bond acceptors (Lipinski definition) is 4. The van der Waals surface area contributed by atoms with Crippen molar-refractivity contribution in [1.29, 1.82) is 0 Å². The number of rotatable bonds is 5. The number of carbonyl (C=O) groups is 2. The topological polar surface area (TPSA) is 75.6 Å². The van der Waals surface area contributed by atoms with Crippen LogP contribution in [0.3, 0.4) is 0 Å². The molecule has 0 unspecified atom stereocenters. The highest BCUT2D eigenvalue weighted by Crippen LogP contribution is 2.31. The van der Waals surface area contributed by atoms with Gasteiger partial charge in [0.1, 0.15) is 5.54 Å². The van der Waals surface area contributed by atoms with Gasteiger partial charge in [0.25, 0.3) is 5.91 Å². The van der Waals surface area contributed by atoms with Crippen LogP contribution in [0.4, 0.5) is 0 Å². The molecule has 1 amide bonds. The summed E-state index contributed by atoms with van der Waals surface area (Å²) in [6.07, 6.45) is 2.67. The minimum absolute atomic E-state index is 0.314. The third kappa shape index (κ3) is 2.79. The molecule has 6 heteroatoms. The summed E-state index contributed by atoms with van der Waals surface area (Å²) in [6, 6.07) is 1.82. The second kappa shape index (κ2) is 5.71. The van der Waals surface area contributed by atoms with Gasteiger partial charge in [-0.2, -0.15) is 0 Å². The van der Waals surface area contributed by atoms with Crippen molar-refractivity contribution in [2.45, 2.75) is 37.8 Å². The highest BCUT2D eigenvalue weighted by Gasteiger charge is 2.43. The average molecular weight is 283 g/mol. The van der Waals surface area contributed by atoms with E-state index in [9.17, 15) is 14.7 Å². The van der Waals surface area contributed by atoms with Crippen molar-refractivity contribution in [3.8, 4) is 0 Å². The molecule has 0 bridgehead atoms. The second-order valence-corrected chi connectivity index (χ2v) is 5.67. The Labute approximate surface area is 115 Å². The number of carboxylic acid groups (broad SMARTS) is 1. The summed E-state index contributed by atoms with van der Waals surface area (Å²) in [5.41, 5.74) is -0.297. The molecule has 0 saturated heterocycles. The number of methoxy groups -OCH3 is 1. The Morgan fingerprint density at radius 1 is 1.47 bits per heavy atom. The lowest BCUT2D eigenvalue weighted by Crippen LogP contribution is -2.52. The van der Waals surface area contributed by atoms with Crippen LogP contribution in [0.15, 0.2) is 11.4 Å². The molecular weight excluding hydrogens is 266 g/mol. The van der Waals surface area contributed by atoms with E-state index in [1.54, 1.807) is 7.11 Å². The summed E-state index contributed by atoms with van der Waals surface area (Å²) in [4.78, 5) is 24.2. The maximum absolute atomic E-state index is 12.2. The predicted molar refractivity (Wildman–Crippen MR) is 71.3 cm³/mol. The molecule has 0 radical (unpaired) electrons. The van der Waals surface area contributed by atoms with E-state index in [2.05, 4.69) is 5.32 Å². The van der Waals surface area contributed by atoms with Crippen LogP contribution < -0.4 is 5.32 Å². The van der Waals surface area contributed by atoms with Gasteiger partial charge >= 0.3 is 5.97 Å². The fourth-order valence-electron chi connectivity index (χ4n) is 2.45. The van der Waals surface area contributed by atoms with Crippen LogP contribution in [-0.2, 0) is 16.1 Å². The summed E-state index contributed by atoms with van der Waals surface area (Å²) in [5, 5.41) is 13.9. The Morgan fingerprint density at radius 3 is 2.74 bits per heavy atom. The van der Waals surface area contributed by atoms with E-state index in [0.29, 0.717) is 24.3 Å². The predicted octanol–water partition coefficient (Wildman–Crippen LogP) is 2.02. The molecule has 2 N–H and O–H groups in total. The molecule has 0 aromatic carbocycles. The number of carboxylic acids is 1. The molecule has 1 aromatic rings. The molecular formula is C13H17NO4S. The van der Waals surface area contributed by atoms with Gasteiger partial charge in [0, 0.05) is 12.7 Å². The average Bonchev–Trinajstić information content (AvgIpc) is 2.99. The number of hydrogen-bond donors (Lipinski definition) is 2. The Bertz CT molecular complexity index is 477. The number of amides is 1. The maximum Gasteiger partial charge on any atom is 0.329 e. The van der Waals surface area contributed by atoms with Gasteiger partial charge in [-0.15, -0.1) is 11.3 Å². The highest BCUT2D eigenvalue weighted by molar-refractivity contribution is 7.12. The van der Waals surface area contributed by atoms with E-state index in [1.165, 1.54) is 11.3 Å². The van der Waals surface area contributed by atoms with Gasteiger partial charge < -0.3 is 15.2 Å². The number of aliphatic carboxylic acids is 1. The highest BCUT2D eigenvalue weighted by atomic mass is 32.1. The second-order valence-electron chi connectivity index (χ2n) is 4.76. The fourth-order valence-corrected chi connectivity index (χ4v) is 3.25. The van der Waals surface area contributed by atoms with Gasteiger partial charge in [0.2, 0.25) is 0 Å². The first kappa shape index (κ1) is 14.0. The van der Waals surface area contributed by atoms with Gasteiger partial charge in [-0.3, -0.25) is 4.79 Å². The minimum Gasteiger partial charge on any atom is -0.480 e. The van der Waals surface area contributed by atoms with Gasteiger partial charge in [0.05, 0.1) is 11.5 Å². The van der Waals surface area contributed by atoms with E-state index in [-0.39, 0.29) is 5.91 Å². The zero-order valence-electron chi connectivity index (χ0n) is 10.8. The quantitative estimate of drug-likeness (QED) is 0.867. The zero-order valence-corrected chi connectivity index (χ0v) is 11.6. The summed E-state index contributed by atoms with van der Waals surface area (Å²) >= 11 is 1.31. The summed E-state index contributed by atoms with van der Waals surface area (Å²) in [7, 11) is 1.56. The zero-order chi connectivity index (χ0) is 13.9. The van der Waals surface area contributed by atoms with Crippen LogP contribution in [-0.4, -0.2) is 29.6 Å². The van der Waals surface area contributed by atoms with Crippen LogP contribution in [0.25, 0.3) is 0 Å². The standard InChI is InChI=1S/C13H17NO4S/c1-18-8-9-4-7-19-10(9)11(15)14-13(12(16)17)5-2-3-6-13/h4,7H,2-3,5-6,8H2,1H3,(H,14,15)(H,16,17). The third-order valence-corrected chi connectivity index (χ3v) is 4.43. The molecule has 0 atom stereocenters. The van der Waals surface area contributed by atoms with Crippen molar-refractivity contribution < 1.29 is 19.4 Å². The first-order valence-electron chi connectivity index (χ1n) is 6.20. The van der Waals surface area contributed by atoms with Gasteiger partial charge in [-0.05, 0) is 24.3 Å². The summed E-state index contributed by atoms with van der Waals surface area (Å²) in [6.45, 7) is 0.353. The largest absolute Gasteiger partial charge is 0.480 e. The summed E-state index contributed by atoms with van der Waals surface area (Å²) < 4.78 is 5.03. The smallest absolute Gasteiger partial charge is 0.329 e. The molecule has 0 aliphatic heterocycles. The van der Waals surface area contributed by atoms with Crippen LogP contribution in [0.2, 0.25) is 0 Å². The van der Waals surface area contributed by atoms with Crippen molar-refractivity contribution in [2.75, 3.05) is 7.11 Å². The number of nitrogens with one attached hydrogen (secondary N) is 1. The molecule has 2 rings (SSSR count). The van der Waals surface area contributed by atoms with Crippen molar-refractivity contribution in [2.24, 2.45) is 0 Å². The van der Waals surface area contributed by atoms with Crippen LogP contribution in [0.5, 0.6) is 0 Å². The number of ether oxygens (including phenoxy) is 1. The molecule has 19 heavy (non-hydrogen) atoms. The molecule has 1 aliphatic rings. The van der Waals surface area contributed by atoms with Crippen LogP contribution in [0, 0.1) is 0 Å². The summed E-state index contributed by atoms with van der Waals surface area (Å²) in [5.74, 6) is -1.26. The first-order chi connectivity index (χ1) is 9.09. The van der Waals surface area contributed by atoms with Gasteiger partial charge in [-0.25, -0.2) is 4.79 Å². The Morgan fingerprint density at radius 2 is 2.16 bits per heavy atom. The monoisotopic (exact) mass is 283 g/mol. The third-order valence-electron chi connectivity index (χ3n) is 3.47. The van der Waals surface area contributed by atoms with Crippen LogP contribution in [0.1, 0.15) is 40.9 Å². The molecule has 1 aliphatic carbocycles. The maximum atomic E-state index is 12.2. The number of carbonyl (C=O) groups excluding carboxylic acids is 1. The van der Waals surface area contributed by atoms with Crippen molar-refractivity contribution in [3.63, 3.8) is 0 Å². The van der Waals surface area contributed by atoms with Gasteiger partial charge in [0.15, 0.2) is 0 Å². The Kier molecular flexibility index (Phi) is 4.21. The molecule has 1 fully saturated rings. The molecule has 1 saturated carbocycles. The normalized spacial score (nSPS) is 17.3. The first-order valence-corrected chi connectivity index (χ1v) is 7.08. The Hall–Kier alpha value is -1.40. The SMILES string of the molecule is COCc1ccsc1C(=O)NC1(C(=O)O)CCCC1.